The topological polar surface area (TPSA) is 90.8 Å². The van der Waals surface area contributed by atoms with Gasteiger partial charge in [0.05, 0.1) is 16.9 Å². The molecule has 12 heteroatoms. The van der Waals surface area contributed by atoms with E-state index in [0.717, 1.165) is 12.3 Å². The lowest BCUT2D eigenvalue weighted by Crippen LogP contribution is -2.58. The Labute approximate surface area is 198 Å². The van der Waals surface area contributed by atoms with Crippen LogP contribution in [0, 0.1) is 6.92 Å². The summed E-state index contributed by atoms with van der Waals surface area (Å²) in [4.78, 5) is 16.9. The van der Waals surface area contributed by atoms with Crippen molar-refractivity contribution in [2.45, 2.75) is 50.3 Å². The zero-order valence-electron chi connectivity index (χ0n) is 18.1. The molecule has 1 aromatic carbocycles. The fourth-order valence-electron chi connectivity index (χ4n) is 4.08. The molecule has 1 N–H and O–H groups in total. The Kier molecular flexibility index (Phi) is 7.11. The van der Waals surface area contributed by atoms with Crippen LogP contribution in [0.1, 0.15) is 30.5 Å². The molecular weight excluding hydrogens is 527 g/mol. The molecule has 2 unspecified atom stereocenters. The number of anilines is 1. The van der Waals surface area contributed by atoms with Crippen LogP contribution in [0.25, 0.3) is 0 Å². The van der Waals surface area contributed by atoms with Gasteiger partial charge in [-0.1, -0.05) is 15.9 Å². The van der Waals surface area contributed by atoms with Crippen molar-refractivity contribution in [1.29, 1.82) is 0 Å². The minimum Gasteiger partial charge on any atom is -0.481 e. The van der Waals surface area contributed by atoms with E-state index in [1.54, 1.807) is 25.7 Å². The van der Waals surface area contributed by atoms with Crippen molar-refractivity contribution < 1.29 is 31.5 Å². The van der Waals surface area contributed by atoms with Crippen molar-refractivity contribution in [2.24, 2.45) is 0 Å². The molecule has 0 bridgehead atoms. The highest BCUT2D eigenvalue weighted by atomic mass is 79.9. The SMILES string of the molecule is Cc1cc(S(=O)(=O)N2C(C)CN(c3ccc(C(F)(F)F)cn3)CC2C)cc(CC(=O)O)c1Br. The zero-order chi connectivity index (χ0) is 24.7. The van der Waals surface area contributed by atoms with Crippen molar-refractivity contribution in [1.82, 2.24) is 9.29 Å². The molecule has 1 saturated heterocycles. The molecule has 2 heterocycles. The summed E-state index contributed by atoms with van der Waals surface area (Å²) in [5.74, 6) is -0.744. The van der Waals surface area contributed by atoms with Crippen LogP contribution in [0.4, 0.5) is 19.0 Å². The highest BCUT2D eigenvalue weighted by Gasteiger charge is 2.39. The fraction of sp³-hybridized carbons (Fsp3) is 0.429. The Morgan fingerprint density at radius 1 is 1.21 bits per heavy atom. The first kappa shape index (κ1) is 25.4. The van der Waals surface area contributed by atoms with Gasteiger partial charge in [0.25, 0.3) is 0 Å². The fourth-order valence-corrected chi connectivity index (χ4v) is 6.39. The molecule has 180 valence electrons. The second kappa shape index (κ2) is 9.22. The molecule has 0 radical (unpaired) electrons. The number of alkyl halides is 3. The first-order valence-corrected chi connectivity index (χ1v) is 12.3. The molecule has 1 aliphatic rings. The summed E-state index contributed by atoms with van der Waals surface area (Å²) in [5, 5.41) is 9.15. The predicted molar refractivity (Wildman–Crippen MR) is 120 cm³/mol. The lowest BCUT2D eigenvalue weighted by molar-refractivity contribution is -0.138. The van der Waals surface area contributed by atoms with E-state index in [0.29, 0.717) is 21.4 Å². The number of hydrogen-bond donors (Lipinski definition) is 1. The van der Waals surface area contributed by atoms with Crippen LogP contribution in [0.3, 0.4) is 0 Å². The van der Waals surface area contributed by atoms with Crippen molar-refractivity contribution >= 4 is 37.7 Å². The van der Waals surface area contributed by atoms with Crippen LogP contribution in [0.2, 0.25) is 0 Å². The van der Waals surface area contributed by atoms with E-state index >= 15 is 0 Å². The van der Waals surface area contributed by atoms with Gasteiger partial charge in [0.2, 0.25) is 10.0 Å². The number of rotatable bonds is 5. The number of carboxylic acids is 1. The van der Waals surface area contributed by atoms with Gasteiger partial charge in [-0.3, -0.25) is 4.79 Å². The molecule has 3 rings (SSSR count). The summed E-state index contributed by atoms with van der Waals surface area (Å²) in [6.45, 7) is 5.59. The van der Waals surface area contributed by atoms with E-state index in [-0.39, 0.29) is 24.4 Å². The number of sulfonamides is 1. The van der Waals surface area contributed by atoms with E-state index in [2.05, 4.69) is 20.9 Å². The molecule has 0 aliphatic carbocycles. The second-order valence-corrected chi connectivity index (χ2v) is 10.8. The molecular formula is C21H23BrF3N3O4S. The van der Waals surface area contributed by atoms with Crippen LogP contribution < -0.4 is 4.90 Å². The largest absolute Gasteiger partial charge is 0.481 e. The van der Waals surface area contributed by atoms with Gasteiger partial charge in [-0.2, -0.15) is 17.5 Å². The van der Waals surface area contributed by atoms with Crippen LogP contribution in [0.15, 0.2) is 39.8 Å². The lowest BCUT2D eigenvalue weighted by Gasteiger charge is -2.43. The number of hydrogen-bond acceptors (Lipinski definition) is 5. The molecule has 1 aliphatic heterocycles. The van der Waals surface area contributed by atoms with E-state index < -0.39 is 39.8 Å². The average molecular weight is 550 g/mol. The van der Waals surface area contributed by atoms with Gasteiger partial charge in [0.1, 0.15) is 5.82 Å². The standard InChI is InChI=1S/C21H23BrF3N3O4S/c1-12-6-17(7-15(20(12)22)8-19(29)30)33(31,32)28-13(2)10-27(11-14(28)3)18-5-4-16(9-26-18)21(23,24)25/h4-7,9,13-14H,8,10-11H2,1-3H3,(H,29,30). The molecule has 2 aromatic rings. The Morgan fingerprint density at radius 2 is 1.82 bits per heavy atom. The third kappa shape index (κ3) is 5.33. The molecule has 0 saturated carbocycles. The zero-order valence-corrected chi connectivity index (χ0v) is 20.5. The first-order chi connectivity index (χ1) is 15.2. The number of aromatic nitrogens is 1. The molecule has 33 heavy (non-hydrogen) atoms. The van der Waals surface area contributed by atoms with Crippen LogP contribution in [0.5, 0.6) is 0 Å². The third-order valence-corrected chi connectivity index (χ3v) is 8.70. The maximum absolute atomic E-state index is 13.5. The number of halogens is 4. The molecule has 0 spiro atoms. The smallest absolute Gasteiger partial charge is 0.417 e. The second-order valence-electron chi connectivity index (χ2n) is 8.12. The monoisotopic (exact) mass is 549 g/mol. The molecule has 2 atom stereocenters. The summed E-state index contributed by atoms with van der Waals surface area (Å²) in [6, 6.07) is 4.08. The van der Waals surface area contributed by atoms with Crippen LogP contribution in [-0.4, -0.2) is 54.0 Å². The normalized spacial score (nSPS) is 20.2. The number of nitrogens with zero attached hydrogens (tertiary/aromatic N) is 3. The van der Waals surface area contributed by atoms with E-state index in [1.165, 1.54) is 22.5 Å². The Balaban J connectivity index is 1.88. The predicted octanol–water partition coefficient (Wildman–Crippen LogP) is 4.09. The van der Waals surface area contributed by atoms with Crippen molar-refractivity contribution in [3.63, 3.8) is 0 Å². The Bertz CT molecular complexity index is 1140. The van der Waals surface area contributed by atoms with E-state index in [9.17, 15) is 26.4 Å². The Hall–Kier alpha value is -2.18. The highest BCUT2D eigenvalue weighted by molar-refractivity contribution is 9.10. The van der Waals surface area contributed by atoms with Crippen molar-refractivity contribution in [3.05, 3.63) is 51.6 Å². The molecule has 1 fully saturated rings. The van der Waals surface area contributed by atoms with E-state index in [4.69, 9.17) is 5.11 Å². The molecule has 1 aromatic heterocycles. The van der Waals surface area contributed by atoms with Crippen LogP contribution >= 0.6 is 15.9 Å². The minimum atomic E-state index is -4.48. The summed E-state index contributed by atoms with van der Waals surface area (Å²) in [6.07, 6.45) is -4.05. The highest BCUT2D eigenvalue weighted by Crippen LogP contribution is 2.33. The first-order valence-electron chi connectivity index (χ1n) is 10.0. The number of aliphatic carboxylic acids is 1. The minimum absolute atomic E-state index is 0.000690. The summed E-state index contributed by atoms with van der Waals surface area (Å²) in [7, 11) is -3.97. The molecule has 0 amide bonds. The number of piperazine rings is 1. The average Bonchev–Trinajstić information content (AvgIpc) is 2.69. The number of carboxylic acid groups (broad SMARTS) is 1. The summed E-state index contributed by atoms with van der Waals surface area (Å²) >= 11 is 3.32. The lowest BCUT2D eigenvalue weighted by atomic mass is 10.1. The van der Waals surface area contributed by atoms with Gasteiger partial charge in [-0.15, -0.1) is 0 Å². The maximum Gasteiger partial charge on any atom is 0.417 e. The van der Waals surface area contributed by atoms with Crippen molar-refractivity contribution in [2.75, 3.05) is 18.0 Å². The number of aryl methyl sites for hydroxylation is 1. The van der Waals surface area contributed by atoms with Gasteiger partial charge in [-0.05, 0) is 56.2 Å². The van der Waals surface area contributed by atoms with Crippen LogP contribution in [-0.2, 0) is 27.4 Å². The maximum atomic E-state index is 13.5. The van der Waals surface area contributed by atoms with Gasteiger partial charge < -0.3 is 10.0 Å². The Morgan fingerprint density at radius 3 is 2.30 bits per heavy atom. The van der Waals surface area contributed by atoms with Gasteiger partial charge in [0, 0.05) is 35.8 Å². The molecule has 7 nitrogen and oxygen atoms in total. The van der Waals surface area contributed by atoms with Gasteiger partial charge in [0.15, 0.2) is 0 Å². The van der Waals surface area contributed by atoms with Crippen molar-refractivity contribution in [3.8, 4) is 0 Å². The van der Waals surface area contributed by atoms with E-state index in [1.807, 2.05) is 0 Å². The number of pyridine rings is 1. The number of carbonyl (C=O) groups is 1. The third-order valence-electron chi connectivity index (χ3n) is 5.46. The quantitative estimate of drug-likeness (QED) is 0.604. The number of benzene rings is 1. The summed E-state index contributed by atoms with van der Waals surface area (Å²) in [5.41, 5.74) is 0.102. The van der Waals surface area contributed by atoms with Gasteiger partial charge >= 0.3 is 12.1 Å². The summed E-state index contributed by atoms with van der Waals surface area (Å²) < 4.78 is 67.4. The van der Waals surface area contributed by atoms with Gasteiger partial charge in [-0.25, -0.2) is 13.4 Å².